The second-order valence-electron chi connectivity index (χ2n) is 7.91. The SMILES string of the molecule is CCOC(=O)[C@H](C)NP(=O)(CO[C@H](C)Cn1cnc2c(N)ncnc21)OCc1ccccc1C. The molecule has 3 aromatic rings. The predicted octanol–water partition coefficient (Wildman–Crippen LogP) is 3.03. The van der Waals surface area contributed by atoms with Gasteiger partial charge in [-0.1, -0.05) is 24.3 Å². The van der Waals surface area contributed by atoms with Crippen LogP contribution < -0.4 is 10.8 Å². The first-order chi connectivity index (χ1) is 16.2. The van der Waals surface area contributed by atoms with Crippen LogP contribution in [0.4, 0.5) is 5.82 Å². The summed E-state index contributed by atoms with van der Waals surface area (Å²) in [6.07, 6.45) is 2.36. The molecular formula is C22H31N6O5P. The molecule has 0 fully saturated rings. The summed E-state index contributed by atoms with van der Waals surface area (Å²) in [7, 11) is -3.58. The molecule has 11 nitrogen and oxygen atoms in total. The summed E-state index contributed by atoms with van der Waals surface area (Å²) in [6, 6.07) is 6.81. The Morgan fingerprint density at radius 3 is 2.74 bits per heavy atom. The van der Waals surface area contributed by atoms with Crippen molar-refractivity contribution in [1.82, 2.24) is 24.6 Å². The highest BCUT2D eigenvalue weighted by Crippen LogP contribution is 2.44. The van der Waals surface area contributed by atoms with Crippen LogP contribution in [0.5, 0.6) is 0 Å². The van der Waals surface area contributed by atoms with Crippen molar-refractivity contribution in [3.05, 3.63) is 48.0 Å². The molecule has 0 radical (unpaired) electrons. The van der Waals surface area contributed by atoms with Gasteiger partial charge in [0.15, 0.2) is 11.5 Å². The number of carbonyl (C=O) groups is 1. The lowest BCUT2D eigenvalue weighted by atomic mass is 10.1. The van der Waals surface area contributed by atoms with E-state index in [0.29, 0.717) is 23.5 Å². The average molecular weight is 491 g/mol. The van der Waals surface area contributed by atoms with Gasteiger partial charge in [-0.25, -0.2) is 20.0 Å². The molecule has 12 heteroatoms. The van der Waals surface area contributed by atoms with Gasteiger partial charge in [-0.2, -0.15) is 0 Å². The molecule has 0 saturated heterocycles. The first kappa shape index (κ1) is 25.8. The Labute approximate surface area is 198 Å². The van der Waals surface area contributed by atoms with Crippen LogP contribution in [0.1, 0.15) is 31.9 Å². The van der Waals surface area contributed by atoms with Gasteiger partial charge in [0.05, 0.1) is 32.2 Å². The molecule has 3 N–H and O–H groups in total. The van der Waals surface area contributed by atoms with Crippen molar-refractivity contribution >= 4 is 30.5 Å². The lowest BCUT2D eigenvalue weighted by molar-refractivity contribution is -0.144. The fraction of sp³-hybridized carbons (Fsp3) is 0.455. The zero-order valence-electron chi connectivity index (χ0n) is 19.8. The monoisotopic (exact) mass is 490 g/mol. The maximum absolute atomic E-state index is 13.7. The zero-order valence-corrected chi connectivity index (χ0v) is 20.7. The van der Waals surface area contributed by atoms with E-state index in [1.54, 1.807) is 24.7 Å². The molecule has 0 aliphatic carbocycles. The number of nitrogen functional groups attached to an aromatic ring is 1. The smallest absolute Gasteiger partial charge is 0.323 e. The number of nitrogens with one attached hydrogen (secondary N) is 1. The predicted molar refractivity (Wildman–Crippen MR) is 128 cm³/mol. The number of rotatable bonds is 12. The van der Waals surface area contributed by atoms with Crippen molar-refractivity contribution in [2.75, 3.05) is 18.7 Å². The topological polar surface area (TPSA) is 143 Å². The maximum Gasteiger partial charge on any atom is 0.323 e. The van der Waals surface area contributed by atoms with Crippen LogP contribution in [0.15, 0.2) is 36.9 Å². The summed E-state index contributed by atoms with van der Waals surface area (Å²) in [5.74, 6) is -0.221. The minimum absolute atomic E-state index is 0.104. The molecule has 0 amide bonds. The molecule has 2 heterocycles. The highest BCUT2D eigenvalue weighted by atomic mass is 31.2. The third-order valence-corrected chi connectivity index (χ3v) is 6.95. The highest BCUT2D eigenvalue weighted by Gasteiger charge is 2.30. The van der Waals surface area contributed by atoms with Crippen molar-refractivity contribution in [1.29, 1.82) is 0 Å². The van der Waals surface area contributed by atoms with E-state index in [4.69, 9.17) is 19.7 Å². The number of benzene rings is 1. The normalized spacial score (nSPS) is 15.1. The Bertz CT molecular complexity index is 1170. The van der Waals surface area contributed by atoms with Crippen LogP contribution in [0.2, 0.25) is 0 Å². The molecular weight excluding hydrogens is 459 g/mol. The van der Waals surface area contributed by atoms with Gasteiger partial charge in [-0.3, -0.25) is 9.36 Å². The van der Waals surface area contributed by atoms with Crippen LogP contribution in [0, 0.1) is 6.92 Å². The second kappa shape index (κ2) is 11.5. The van der Waals surface area contributed by atoms with Gasteiger partial charge in [0.1, 0.15) is 24.2 Å². The van der Waals surface area contributed by atoms with E-state index in [9.17, 15) is 9.36 Å². The van der Waals surface area contributed by atoms with E-state index in [2.05, 4.69) is 20.0 Å². The molecule has 0 saturated carbocycles. The minimum atomic E-state index is -3.58. The van der Waals surface area contributed by atoms with E-state index in [1.807, 2.05) is 38.1 Å². The Morgan fingerprint density at radius 1 is 1.24 bits per heavy atom. The molecule has 1 aromatic carbocycles. The van der Waals surface area contributed by atoms with E-state index in [-0.39, 0.29) is 25.7 Å². The van der Waals surface area contributed by atoms with Crippen LogP contribution in [-0.2, 0) is 36.5 Å². The summed E-state index contributed by atoms with van der Waals surface area (Å²) >= 11 is 0. The van der Waals surface area contributed by atoms with Gasteiger partial charge in [-0.15, -0.1) is 0 Å². The fourth-order valence-corrected chi connectivity index (χ4v) is 4.98. The van der Waals surface area contributed by atoms with Gasteiger partial charge < -0.3 is 24.3 Å². The number of aromatic nitrogens is 4. The van der Waals surface area contributed by atoms with E-state index in [0.717, 1.165) is 11.1 Å². The summed E-state index contributed by atoms with van der Waals surface area (Å²) in [5.41, 5.74) is 8.83. The number of nitrogens with zero attached hydrogens (tertiary/aromatic N) is 4. The largest absolute Gasteiger partial charge is 0.465 e. The quantitative estimate of drug-likeness (QED) is 0.287. The summed E-state index contributed by atoms with van der Waals surface area (Å²) < 4.78 is 32.2. The number of fused-ring (bicyclic) bond motifs is 1. The molecule has 0 spiro atoms. The number of nitrogens with two attached hydrogens (primary N) is 1. The summed E-state index contributed by atoms with van der Waals surface area (Å²) in [6.45, 7) is 7.78. The molecule has 3 atom stereocenters. The minimum Gasteiger partial charge on any atom is -0.465 e. The van der Waals surface area contributed by atoms with E-state index < -0.39 is 19.5 Å². The molecule has 0 aliphatic rings. The Morgan fingerprint density at radius 2 is 2.00 bits per heavy atom. The van der Waals surface area contributed by atoms with Gasteiger partial charge in [-0.05, 0) is 38.8 Å². The number of esters is 1. The van der Waals surface area contributed by atoms with Gasteiger partial charge in [0.25, 0.3) is 7.52 Å². The molecule has 0 aliphatic heterocycles. The molecule has 2 aromatic heterocycles. The lowest BCUT2D eigenvalue weighted by Gasteiger charge is -2.25. The number of hydrogen-bond acceptors (Lipinski definition) is 9. The fourth-order valence-electron chi connectivity index (χ4n) is 3.26. The van der Waals surface area contributed by atoms with Crippen LogP contribution in [0.3, 0.4) is 0 Å². The zero-order chi connectivity index (χ0) is 24.7. The van der Waals surface area contributed by atoms with Crippen LogP contribution in [0.25, 0.3) is 11.2 Å². The van der Waals surface area contributed by atoms with Crippen molar-refractivity contribution in [2.45, 2.75) is 53.0 Å². The number of carbonyl (C=O) groups excluding carboxylic acids is 1. The van der Waals surface area contributed by atoms with E-state index >= 15 is 0 Å². The van der Waals surface area contributed by atoms with Gasteiger partial charge in [0.2, 0.25) is 0 Å². The van der Waals surface area contributed by atoms with Gasteiger partial charge >= 0.3 is 5.97 Å². The van der Waals surface area contributed by atoms with E-state index in [1.165, 1.54) is 6.33 Å². The van der Waals surface area contributed by atoms with Crippen molar-refractivity contribution in [3.8, 4) is 0 Å². The molecule has 184 valence electrons. The molecule has 34 heavy (non-hydrogen) atoms. The van der Waals surface area contributed by atoms with Crippen LogP contribution in [-0.4, -0.2) is 50.6 Å². The molecule has 0 bridgehead atoms. The Hall–Kier alpha value is -2.85. The lowest BCUT2D eigenvalue weighted by Crippen LogP contribution is -2.35. The summed E-state index contributed by atoms with van der Waals surface area (Å²) in [5, 5.41) is 2.80. The summed E-state index contributed by atoms with van der Waals surface area (Å²) in [4.78, 5) is 24.5. The molecule has 1 unspecified atom stereocenters. The highest BCUT2D eigenvalue weighted by molar-refractivity contribution is 7.56. The average Bonchev–Trinajstić information content (AvgIpc) is 3.21. The van der Waals surface area contributed by atoms with Gasteiger partial charge in [0, 0.05) is 0 Å². The number of imidazole rings is 1. The third-order valence-electron chi connectivity index (χ3n) is 5.13. The number of aryl methyl sites for hydroxylation is 1. The first-order valence-corrected chi connectivity index (χ1v) is 12.8. The Balaban J connectivity index is 1.69. The van der Waals surface area contributed by atoms with Crippen LogP contribution >= 0.6 is 7.52 Å². The maximum atomic E-state index is 13.7. The Kier molecular flexibility index (Phi) is 8.73. The number of hydrogen-bond donors (Lipinski definition) is 2. The van der Waals surface area contributed by atoms with Crippen molar-refractivity contribution < 1.29 is 23.4 Å². The van der Waals surface area contributed by atoms with Crippen molar-refractivity contribution in [2.24, 2.45) is 0 Å². The van der Waals surface area contributed by atoms with Crippen molar-refractivity contribution in [3.63, 3.8) is 0 Å². The first-order valence-electron chi connectivity index (χ1n) is 11.0. The third kappa shape index (κ3) is 6.60. The standard InChI is InChI=1S/C22H31N6O5P/c1-5-31-22(29)17(4)27-34(30,33-11-18-9-7-6-8-15(18)2)14-32-16(3)10-28-13-26-19-20(23)24-12-25-21(19)28/h6-9,12-13,16-17H,5,10-11,14H2,1-4H3,(H,27,30)(H2,23,24,25)/t16-,17+,34?/m1/s1. The number of ether oxygens (including phenoxy) is 2. The number of anilines is 1. The second-order valence-corrected chi connectivity index (χ2v) is 10.0. The molecule has 3 rings (SSSR count).